The Morgan fingerprint density at radius 1 is 1.02 bits per heavy atom. The molecular weight excluding hydrogens is 529 g/mol. The van der Waals surface area contributed by atoms with Crippen LogP contribution in [0.4, 0.5) is 26.4 Å². The van der Waals surface area contributed by atoms with Crippen LogP contribution in [-0.2, 0) is 0 Å². The van der Waals surface area contributed by atoms with E-state index in [1.54, 1.807) is 4.90 Å². The number of carboxylic acid groups (broad SMARTS) is 1. The summed E-state index contributed by atoms with van der Waals surface area (Å²) in [6, 6.07) is 3.79. The summed E-state index contributed by atoms with van der Waals surface area (Å²) in [6.07, 6.45) is 10.7. The van der Waals surface area contributed by atoms with Gasteiger partial charge in [0.2, 0.25) is 0 Å². The van der Waals surface area contributed by atoms with Crippen LogP contribution in [0.2, 0.25) is 0 Å². The number of amides is 2. The summed E-state index contributed by atoms with van der Waals surface area (Å²) in [5.41, 5.74) is 1.49. The van der Waals surface area contributed by atoms with Gasteiger partial charge in [-0.2, -0.15) is 0 Å². The number of carbonyl (C=O) groups is 2. The summed E-state index contributed by atoms with van der Waals surface area (Å²) in [7, 11) is 0. The maximum absolute atomic E-state index is 14.1. The highest BCUT2D eigenvalue weighted by molar-refractivity contribution is 6.03. The molecule has 0 radical (unpaired) electrons. The summed E-state index contributed by atoms with van der Waals surface area (Å²) in [5, 5.41) is 24.1. The van der Waals surface area contributed by atoms with Crippen LogP contribution in [0, 0.1) is 5.82 Å². The molecule has 218 valence electrons. The summed E-state index contributed by atoms with van der Waals surface area (Å²) in [5.74, 6) is -0.572. The maximum Gasteiger partial charge on any atom is 0.407 e. The maximum atomic E-state index is 14.1. The lowest BCUT2D eigenvalue weighted by atomic mass is 9.90. The van der Waals surface area contributed by atoms with Crippen molar-refractivity contribution in [3.05, 3.63) is 42.2 Å². The first-order chi connectivity index (χ1) is 19.9. The number of halogens is 1. The van der Waals surface area contributed by atoms with Crippen LogP contribution in [-0.4, -0.2) is 90.8 Å². The Morgan fingerprint density at radius 2 is 1.76 bits per heavy atom. The molecule has 2 amide bonds. The van der Waals surface area contributed by atoms with Gasteiger partial charge < -0.3 is 30.9 Å². The molecule has 2 aliphatic carbocycles. The second kappa shape index (κ2) is 11.9. The first kappa shape index (κ1) is 27.2. The molecule has 1 saturated heterocycles. The Morgan fingerprint density at radius 3 is 2.46 bits per heavy atom. The summed E-state index contributed by atoms with van der Waals surface area (Å²) in [6.45, 7) is 3.45. The molecule has 0 unspecified atom stereocenters. The van der Waals surface area contributed by atoms with Gasteiger partial charge in [-0.15, -0.1) is 5.10 Å². The van der Waals surface area contributed by atoms with E-state index in [-0.39, 0.29) is 23.5 Å². The number of fused-ring (bicyclic) bond motifs is 1. The molecule has 1 aliphatic heterocycles. The fourth-order valence-corrected chi connectivity index (χ4v) is 5.84. The van der Waals surface area contributed by atoms with E-state index in [1.165, 1.54) is 35.8 Å². The highest BCUT2D eigenvalue weighted by atomic mass is 19.1. The molecule has 0 atom stereocenters. The van der Waals surface area contributed by atoms with E-state index in [0.717, 1.165) is 70.0 Å². The Kier molecular flexibility index (Phi) is 7.86. The highest BCUT2D eigenvalue weighted by Crippen LogP contribution is 2.31. The summed E-state index contributed by atoms with van der Waals surface area (Å²) in [4.78, 5) is 37.3. The molecule has 0 bridgehead atoms. The van der Waals surface area contributed by atoms with Gasteiger partial charge in [0, 0.05) is 43.5 Å². The van der Waals surface area contributed by atoms with Crippen LogP contribution < -0.4 is 16.0 Å². The Bertz CT molecular complexity index is 1400. The zero-order chi connectivity index (χ0) is 28.3. The van der Waals surface area contributed by atoms with Gasteiger partial charge >= 0.3 is 6.09 Å². The predicted molar refractivity (Wildman–Crippen MR) is 152 cm³/mol. The Hall–Kier alpha value is -4.00. The van der Waals surface area contributed by atoms with Gasteiger partial charge in [0.05, 0.1) is 23.8 Å². The van der Waals surface area contributed by atoms with Crippen LogP contribution in [0.3, 0.4) is 0 Å². The molecule has 2 saturated carbocycles. The second-order valence-corrected chi connectivity index (χ2v) is 11.2. The van der Waals surface area contributed by atoms with E-state index in [2.05, 4.69) is 35.9 Å². The average molecular weight is 566 g/mol. The number of hydrogen-bond donors (Lipinski definition) is 4. The number of rotatable bonds is 10. The smallest absolute Gasteiger partial charge is 0.407 e. The SMILES string of the molecule is O=C(Nc1ccncc1F)c1cnc2c(NC3CC3)cc(NC3CCC(N(CCN4CCCC4)C(=O)O)CC3)nn12. The lowest BCUT2D eigenvalue weighted by molar-refractivity contribution is 0.101. The molecule has 0 spiro atoms. The van der Waals surface area contributed by atoms with E-state index >= 15 is 0 Å². The summed E-state index contributed by atoms with van der Waals surface area (Å²) >= 11 is 0. The quantitative estimate of drug-likeness (QED) is 0.288. The lowest BCUT2D eigenvalue weighted by Crippen LogP contribution is -2.46. The normalized spacial score (nSPS) is 21.1. The monoisotopic (exact) mass is 565 g/mol. The van der Waals surface area contributed by atoms with E-state index < -0.39 is 17.8 Å². The van der Waals surface area contributed by atoms with E-state index in [0.29, 0.717) is 24.1 Å². The standard InChI is InChI=1S/C28H36FN9O3/c29-21-16-30-10-9-22(21)34-27(39)24-17-31-26-23(32-18-3-4-18)15-25(35-38(24)26)33-19-5-7-20(8-6-19)37(28(40)41)14-13-36-11-1-2-12-36/h9-10,15-20,32H,1-8,11-14H2,(H,33,35)(H,40,41)(H,30,34,39). The zero-order valence-corrected chi connectivity index (χ0v) is 22.9. The number of anilines is 3. The minimum atomic E-state index is -0.846. The third kappa shape index (κ3) is 6.34. The minimum Gasteiger partial charge on any atom is -0.465 e. The fourth-order valence-electron chi connectivity index (χ4n) is 5.84. The van der Waals surface area contributed by atoms with Crippen molar-refractivity contribution in [1.29, 1.82) is 0 Å². The van der Waals surface area contributed by atoms with Crippen LogP contribution >= 0.6 is 0 Å². The van der Waals surface area contributed by atoms with Gasteiger partial charge in [-0.1, -0.05) is 0 Å². The Balaban J connectivity index is 1.15. The van der Waals surface area contributed by atoms with Crippen molar-refractivity contribution in [3.8, 4) is 0 Å². The number of pyridine rings is 1. The van der Waals surface area contributed by atoms with Crippen LogP contribution in [0.5, 0.6) is 0 Å². The van der Waals surface area contributed by atoms with Crippen molar-refractivity contribution in [2.24, 2.45) is 0 Å². The number of imidazole rings is 1. The molecule has 3 aromatic heterocycles. The number of likely N-dealkylation sites (tertiary alicyclic amines) is 1. The third-order valence-electron chi connectivity index (χ3n) is 8.25. The van der Waals surface area contributed by atoms with Crippen molar-refractivity contribution in [3.63, 3.8) is 0 Å². The molecule has 12 nitrogen and oxygen atoms in total. The van der Waals surface area contributed by atoms with Gasteiger partial charge in [0.1, 0.15) is 5.82 Å². The van der Waals surface area contributed by atoms with Crippen molar-refractivity contribution in [2.75, 3.05) is 42.1 Å². The molecule has 4 heterocycles. The van der Waals surface area contributed by atoms with Crippen LogP contribution in [0.15, 0.2) is 30.7 Å². The molecule has 0 aromatic carbocycles. The molecule has 3 fully saturated rings. The number of nitrogens with one attached hydrogen (secondary N) is 3. The van der Waals surface area contributed by atoms with Gasteiger partial charge in [-0.05, 0) is 70.5 Å². The second-order valence-electron chi connectivity index (χ2n) is 11.2. The van der Waals surface area contributed by atoms with Crippen LogP contribution in [0.25, 0.3) is 5.65 Å². The van der Waals surface area contributed by atoms with Gasteiger partial charge in [0.25, 0.3) is 5.91 Å². The number of carbonyl (C=O) groups excluding carboxylic acids is 1. The minimum absolute atomic E-state index is 0.00761. The van der Waals surface area contributed by atoms with E-state index in [1.807, 2.05) is 6.07 Å². The molecule has 3 aromatic rings. The first-order valence-electron chi connectivity index (χ1n) is 14.5. The fraction of sp³-hybridized carbons (Fsp3) is 0.536. The lowest BCUT2D eigenvalue weighted by Gasteiger charge is -2.36. The Labute approximate surface area is 237 Å². The van der Waals surface area contributed by atoms with Crippen molar-refractivity contribution in [1.82, 2.24) is 29.4 Å². The number of aromatic nitrogens is 4. The zero-order valence-electron chi connectivity index (χ0n) is 22.9. The first-order valence-corrected chi connectivity index (χ1v) is 14.5. The van der Waals surface area contributed by atoms with Gasteiger partial charge in [-0.3, -0.25) is 9.78 Å². The van der Waals surface area contributed by atoms with Crippen LogP contribution in [0.1, 0.15) is 61.9 Å². The molecule has 41 heavy (non-hydrogen) atoms. The third-order valence-corrected chi connectivity index (χ3v) is 8.25. The van der Waals surface area contributed by atoms with E-state index in [9.17, 15) is 19.1 Å². The molecule has 4 N–H and O–H groups in total. The van der Waals surface area contributed by atoms with Crippen molar-refractivity contribution < 1.29 is 19.1 Å². The molecule has 6 rings (SSSR count). The average Bonchev–Trinajstić information content (AvgIpc) is 3.42. The number of hydrogen-bond acceptors (Lipinski definition) is 8. The largest absolute Gasteiger partial charge is 0.465 e. The van der Waals surface area contributed by atoms with Gasteiger partial charge in [0.15, 0.2) is 17.2 Å². The van der Waals surface area contributed by atoms with Crippen molar-refractivity contribution in [2.45, 2.75) is 69.5 Å². The molecular formula is C28H36FN9O3. The number of nitrogens with zero attached hydrogens (tertiary/aromatic N) is 6. The van der Waals surface area contributed by atoms with Gasteiger partial charge in [-0.25, -0.2) is 18.7 Å². The topological polar surface area (TPSA) is 140 Å². The van der Waals surface area contributed by atoms with Crippen molar-refractivity contribution >= 4 is 34.8 Å². The predicted octanol–water partition coefficient (Wildman–Crippen LogP) is 3.89. The molecule has 13 heteroatoms. The van der Waals surface area contributed by atoms with E-state index in [4.69, 9.17) is 0 Å². The molecule has 3 aliphatic rings. The summed E-state index contributed by atoms with van der Waals surface area (Å²) < 4.78 is 15.6. The highest BCUT2D eigenvalue weighted by Gasteiger charge is 2.30.